The highest BCUT2D eigenvalue weighted by Crippen LogP contribution is 2.28. The third-order valence-corrected chi connectivity index (χ3v) is 7.27. The zero-order chi connectivity index (χ0) is 26.1. The monoisotopic (exact) mass is 579 g/mol. The van der Waals surface area contributed by atoms with Gasteiger partial charge in [0, 0.05) is 18.4 Å². The summed E-state index contributed by atoms with van der Waals surface area (Å²) >= 11 is 3.42. The van der Waals surface area contributed by atoms with Crippen molar-refractivity contribution in [2.24, 2.45) is 0 Å². The Morgan fingerprint density at radius 1 is 1.08 bits per heavy atom. The van der Waals surface area contributed by atoms with Gasteiger partial charge in [0.15, 0.2) is 11.5 Å². The zero-order valence-electron chi connectivity index (χ0n) is 20.3. The van der Waals surface area contributed by atoms with E-state index in [2.05, 4.69) is 41.3 Å². The van der Waals surface area contributed by atoms with Crippen LogP contribution in [-0.2, 0) is 16.6 Å². The Kier molecular flexibility index (Phi) is 9.88. The second-order valence-corrected chi connectivity index (χ2v) is 10.5. The lowest BCUT2D eigenvalue weighted by atomic mass is 10.2. The molecule has 1 atom stereocenters. The van der Waals surface area contributed by atoms with Crippen molar-refractivity contribution in [3.05, 3.63) is 58.7 Å². The van der Waals surface area contributed by atoms with E-state index < -0.39 is 10.0 Å². The summed E-state index contributed by atoms with van der Waals surface area (Å²) in [5.41, 5.74) is 1.35. The van der Waals surface area contributed by atoms with Gasteiger partial charge in [-0.15, -0.1) is 0 Å². The summed E-state index contributed by atoms with van der Waals surface area (Å²) in [6, 6.07) is 11.4. The molecule has 0 fully saturated rings. The first-order valence-corrected chi connectivity index (χ1v) is 13.5. The van der Waals surface area contributed by atoms with E-state index in [4.69, 9.17) is 9.47 Å². The van der Waals surface area contributed by atoms with Gasteiger partial charge in [0.1, 0.15) is 5.82 Å². The molecule has 2 aromatic carbocycles. The minimum atomic E-state index is -3.74. The van der Waals surface area contributed by atoms with E-state index in [0.29, 0.717) is 33.4 Å². The van der Waals surface area contributed by atoms with E-state index in [-0.39, 0.29) is 24.1 Å². The number of methoxy groups -OCH3 is 2. The van der Waals surface area contributed by atoms with Crippen molar-refractivity contribution in [2.75, 3.05) is 31.5 Å². The molecule has 1 heterocycles. The minimum absolute atomic E-state index is 0.0109. The van der Waals surface area contributed by atoms with Gasteiger partial charge in [0.25, 0.3) is 0 Å². The molecule has 1 aromatic heterocycles. The number of aromatic nitrogens is 2. The van der Waals surface area contributed by atoms with Crippen LogP contribution < -0.4 is 24.8 Å². The summed E-state index contributed by atoms with van der Waals surface area (Å²) < 4.78 is 39.3. The molecule has 4 N–H and O–H groups in total. The lowest BCUT2D eigenvalue weighted by molar-refractivity contribution is 0.268. The Balaban J connectivity index is 1.66. The lowest BCUT2D eigenvalue weighted by Crippen LogP contribution is -2.24. The Labute approximate surface area is 219 Å². The molecule has 3 aromatic rings. The normalized spacial score (nSPS) is 12.1. The number of sulfonamides is 1. The Morgan fingerprint density at radius 2 is 1.81 bits per heavy atom. The molecule has 0 saturated heterocycles. The third kappa shape index (κ3) is 7.29. The van der Waals surface area contributed by atoms with E-state index >= 15 is 0 Å². The molecule has 0 bridgehead atoms. The average molecular weight is 581 g/mol. The topological polar surface area (TPSA) is 135 Å². The number of nitrogens with zero attached hydrogens (tertiary/aromatic N) is 2. The van der Waals surface area contributed by atoms with Gasteiger partial charge in [-0.3, -0.25) is 0 Å². The fraction of sp³-hybridized carbons (Fsp3) is 0.333. The van der Waals surface area contributed by atoms with Gasteiger partial charge in [0.05, 0.1) is 36.2 Å². The SMILES string of the molecule is CCC[C@H](CO)Nc1nc(Nc2ccc(S(=O)(=O)NCc3ccc(OC)c(OC)c3)cc2)ncc1Br. The molecule has 0 aliphatic rings. The number of halogens is 1. The standard InChI is InChI=1S/C24H30BrN5O5S/c1-4-5-18(15-31)28-23-20(25)14-26-24(30-23)29-17-7-9-19(10-8-17)36(32,33)27-13-16-6-11-21(34-2)22(12-16)35-3/h6-12,14,18,27,31H,4-5,13,15H2,1-3H3,(H2,26,28,29,30)/t18-/m1/s1. The molecule has 10 nitrogen and oxygen atoms in total. The smallest absolute Gasteiger partial charge is 0.240 e. The van der Waals surface area contributed by atoms with Crippen molar-refractivity contribution in [3.8, 4) is 11.5 Å². The van der Waals surface area contributed by atoms with Crippen molar-refractivity contribution in [3.63, 3.8) is 0 Å². The van der Waals surface area contributed by atoms with Crippen molar-refractivity contribution in [1.82, 2.24) is 14.7 Å². The van der Waals surface area contributed by atoms with Crippen LogP contribution in [-0.4, -0.2) is 50.4 Å². The van der Waals surface area contributed by atoms with Gasteiger partial charge in [0.2, 0.25) is 16.0 Å². The number of ether oxygens (including phenoxy) is 2. The van der Waals surface area contributed by atoms with Crippen molar-refractivity contribution < 1.29 is 23.0 Å². The molecule has 36 heavy (non-hydrogen) atoms. The highest BCUT2D eigenvalue weighted by molar-refractivity contribution is 9.10. The number of nitrogens with one attached hydrogen (secondary N) is 3. The van der Waals surface area contributed by atoms with Gasteiger partial charge >= 0.3 is 0 Å². The van der Waals surface area contributed by atoms with Crippen LogP contribution in [0.3, 0.4) is 0 Å². The predicted molar refractivity (Wildman–Crippen MR) is 142 cm³/mol. The number of rotatable bonds is 13. The van der Waals surface area contributed by atoms with Gasteiger partial charge in [-0.2, -0.15) is 4.98 Å². The molecule has 194 valence electrons. The van der Waals surface area contributed by atoms with Gasteiger partial charge in [-0.25, -0.2) is 18.1 Å². The lowest BCUT2D eigenvalue weighted by Gasteiger charge is -2.17. The molecule has 3 rings (SSSR count). The highest BCUT2D eigenvalue weighted by Gasteiger charge is 2.15. The molecule has 0 radical (unpaired) electrons. The summed E-state index contributed by atoms with van der Waals surface area (Å²) in [7, 11) is -0.675. The van der Waals surface area contributed by atoms with Gasteiger partial charge in [-0.1, -0.05) is 19.4 Å². The number of aliphatic hydroxyl groups is 1. The molecular formula is C24H30BrN5O5S. The fourth-order valence-electron chi connectivity index (χ4n) is 3.38. The maximum atomic E-state index is 12.8. The average Bonchev–Trinajstić information content (AvgIpc) is 2.89. The molecule has 0 aliphatic carbocycles. The Morgan fingerprint density at radius 3 is 2.44 bits per heavy atom. The first kappa shape index (κ1) is 27.7. The van der Waals surface area contributed by atoms with E-state index in [9.17, 15) is 13.5 Å². The fourth-order valence-corrected chi connectivity index (χ4v) is 4.70. The van der Waals surface area contributed by atoms with Crippen LogP contribution in [0, 0.1) is 0 Å². The van der Waals surface area contributed by atoms with Crippen LogP contribution in [0.15, 0.2) is 58.0 Å². The minimum Gasteiger partial charge on any atom is -0.493 e. The third-order valence-electron chi connectivity index (χ3n) is 5.28. The summed E-state index contributed by atoms with van der Waals surface area (Å²) in [5, 5.41) is 15.8. The van der Waals surface area contributed by atoms with Crippen molar-refractivity contribution in [1.29, 1.82) is 0 Å². The molecule has 0 unspecified atom stereocenters. The van der Waals surface area contributed by atoms with Crippen LogP contribution in [0.2, 0.25) is 0 Å². The summed E-state index contributed by atoms with van der Waals surface area (Å²) in [4.78, 5) is 8.83. The number of anilines is 3. The van der Waals surface area contributed by atoms with Gasteiger partial charge < -0.3 is 25.2 Å². The van der Waals surface area contributed by atoms with Crippen molar-refractivity contribution in [2.45, 2.75) is 37.2 Å². The zero-order valence-corrected chi connectivity index (χ0v) is 22.7. The summed E-state index contributed by atoms with van der Waals surface area (Å²) in [6.07, 6.45) is 3.32. The molecule has 12 heteroatoms. The second-order valence-electron chi connectivity index (χ2n) is 7.87. The molecule has 0 saturated carbocycles. The number of hydrogen-bond acceptors (Lipinski definition) is 9. The van der Waals surface area contributed by atoms with E-state index in [1.54, 1.807) is 36.5 Å². The molecular weight excluding hydrogens is 550 g/mol. The van der Waals surface area contributed by atoms with Crippen molar-refractivity contribution >= 4 is 43.4 Å². The van der Waals surface area contributed by atoms with E-state index in [1.165, 1.54) is 26.4 Å². The molecule has 0 amide bonds. The van der Waals surface area contributed by atoms with Crippen LogP contribution >= 0.6 is 15.9 Å². The molecule has 0 spiro atoms. The van der Waals surface area contributed by atoms with E-state index in [0.717, 1.165) is 18.4 Å². The number of aliphatic hydroxyl groups excluding tert-OH is 1. The maximum Gasteiger partial charge on any atom is 0.240 e. The quantitative estimate of drug-likeness (QED) is 0.236. The second kappa shape index (κ2) is 12.9. The number of benzene rings is 2. The van der Waals surface area contributed by atoms with Crippen LogP contribution in [0.5, 0.6) is 11.5 Å². The number of hydrogen-bond donors (Lipinski definition) is 4. The first-order valence-electron chi connectivity index (χ1n) is 11.3. The maximum absolute atomic E-state index is 12.8. The van der Waals surface area contributed by atoms with E-state index in [1.807, 2.05) is 6.92 Å². The first-order chi connectivity index (χ1) is 17.3. The summed E-state index contributed by atoms with van der Waals surface area (Å²) in [5.74, 6) is 1.98. The predicted octanol–water partition coefficient (Wildman–Crippen LogP) is 4.05. The van der Waals surface area contributed by atoms with Crippen LogP contribution in [0.1, 0.15) is 25.3 Å². The largest absolute Gasteiger partial charge is 0.493 e. The highest BCUT2D eigenvalue weighted by atomic mass is 79.9. The Hall–Kier alpha value is -2.93. The van der Waals surface area contributed by atoms with Crippen LogP contribution in [0.4, 0.5) is 17.5 Å². The Bertz CT molecular complexity index is 1260. The van der Waals surface area contributed by atoms with Crippen LogP contribution in [0.25, 0.3) is 0 Å². The molecule has 0 aliphatic heterocycles. The summed E-state index contributed by atoms with van der Waals surface area (Å²) in [6.45, 7) is 2.13. The van der Waals surface area contributed by atoms with Gasteiger partial charge in [-0.05, 0) is 64.3 Å².